The molecule has 0 amide bonds. The molecular weight excluding hydrogens is 793 g/mol. The van der Waals surface area contributed by atoms with Crippen LogP contribution in [0.5, 0.6) is 34.5 Å². The van der Waals surface area contributed by atoms with Crippen LogP contribution in [0.1, 0.15) is 108 Å². The van der Waals surface area contributed by atoms with E-state index in [1.165, 1.54) is 0 Å². The van der Waals surface area contributed by atoms with E-state index >= 15 is 0 Å². The largest absolute Gasteiger partial charge is 0.494 e. The highest BCUT2D eigenvalue weighted by molar-refractivity contribution is 5.98. The third-order valence-corrected chi connectivity index (χ3v) is 9.36. The van der Waals surface area contributed by atoms with Gasteiger partial charge >= 0.3 is 0 Å². The lowest BCUT2D eigenvalue weighted by Gasteiger charge is -2.14. The summed E-state index contributed by atoms with van der Waals surface area (Å²) in [5, 5.41) is 35.5. The number of hydrogen-bond acceptors (Lipinski definition) is 12. The zero-order chi connectivity index (χ0) is 44.6. The molecule has 15 nitrogen and oxygen atoms in total. The first-order valence-electron chi connectivity index (χ1n) is 21.5. The zero-order valence-electron chi connectivity index (χ0n) is 36.3. The molecule has 4 rings (SSSR count). The van der Waals surface area contributed by atoms with E-state index in [9.17, 15) is 0 Å². The van der Waals surface area contributed by atoms with Crippen molar-refractivity contribution in [3.63, 3.8) is 0 Å². The van der Waals surface area contributed by atoms with Crippen molar-refractivity contribution >= 4 is 17.5 Å². The molecule has 0 fully saturated rings. The van der Waals surface area contributed by atoms with Gasteiger partial charge in [-0.2, -0.15) is 0 Å². The molecule has 0 unspecified atom stereocenters. The van der Waals surface area contributed by atoms with Crippen molar-refractivity contribution in [3.8, 4) is 34.5 Å². The SMILES string of the molecule is CC.N/C(=N\O)c1ccc(OCCCCCCOc2cc(OCCCCCCOc3ccc(/C(N)=N/O)cc3)cc(OCCCCCCOc3ccc(/C(N)=N/O)cc3)c2)cc1. The molecule has 62 heavy (non-hydrogen) atoms. The van der Waals surface area contributed by atoms with E-state index in [1.54, 1.807) is 36.4 Å². The first-order valence-corrected chi connectivity index (χ1v) is 21.5. The number of amidine groups is 3. The van der Waals surface area contributed by atoms with Crippen molar-refractivity contribution in [3.05, 3.63) is 108 Å². The Kier molecular flexibility index (Phi) is 24.5. The Bertz CT molecular complexity index is 1660. The maximum absolute atomic E-state index is 8.82. The summed E-state index contributed by atoms with van der Waals surface area (Å²) in [5.41, 5.74) is 18.8. The van der Waals surface area contributed by atoms with Crippen LogP contribution in [0.25, 0.3) is 0 Å². The van der Waals surface area contributed by atoms with Gasteiger partial charge in [0.05, 0.1) is 39.6 Å². The summed E-state index contributed by atoms with van der Waals surface area (Å²) in [7, 11) is 0. The van der Waals surface area contributed by atoms with E-state index in [4.69, 9.17) is 61.2 Å². The normalized spacial score (nSPS) is 11.6. The minimum absolute atomic E-state index is 0.0640. The molecule has 0 aromatic heterocycles. The molecule has 0 heterocycles. The first-order chi connectivity index (χ1) is 30.4. The second kappa shape index (κ2) is 30.5. The standard InChI is InChI=1S/C45H60N6O9.C2H6/c46-43(49-52)34-13-19-37(20-14-34)55-25-7-1-4-10-28-58-40-31-41(59-29-11-5-2-8-26-56-38-21-15-35(16-22-38)44(47)50-53)33-42(32-40)60-30-12-6-3-9-27-57-39-23-17-36(18-24-39)45(48)51-54;1-2/h13-24,31-33,52-54H,1-12,25-30H2,(H2,46,49)(H2,47,50)(H2,48,51);1-2H3. The first kappa shape index (κ1) is 49.8. The van der Waals surface area contributed by atoms with E-state index < -0.39 is 0 Å². The van der Waals surface area contributed by atoms with Crippen molar-refractivity contribution in [1.82, 2.24) is 0 Å². The average Bonchev–Trinajstić information content (AvgIpc) is 3.32. The number of oxime groups is 3. The summed E-state index contributed by atoms with van der Waals surface area (Å²) in [5.74, 6) is 4.57. The Morgan fingerprint density at radius 3 is 0.726 bits per heavy atom. The van der Waals surface area contributed by atoms with Gasteiger partial charge in [-0.25, -0.2) is 0 Å². The molecule has 0 bridgehead atoms. The molecular formula is C47H66N6O9. The van der Waals surface area contributed by atoms with Gasteiger partial charge in [0.2, 0.25) is 0 Å². The van der Waals surface area contributed by atoms with Crippen LogP contribution in [0, 0.1) is 0 Å². The van der Waals surface area contributed by atoms with E-state index in [0.717, 1.165) is 94.3 Å². The molecule has 0 saturated heterocycles. The lowest BCUT2D eigenvalue weighted by atomic mass is 10.2. The number of ether oxygens (including phenoxy) is 6. The van der Waals surface area contributed by atoms with Gasteiger partial charge in [0.15, 0.2) is 17.5 Å². The summed E-state index contributed by atoms with van der Waals surface area (Å²) in [6, 6.07) is 27.2. The molecule has 15 heteroatoms. The van der Waals surface area contributed by atoms with Crippen LogP contribution in [-0.4, -0.2) is 72.8 Å². The monoisotopic (exact) mass is 858 g/mol. The van der Waals surface area contributed by atoms with Crippen LogP contribution in [-0.2, 0) is 0 Å². The predicted molar refractivity (Wildman–Crippen MR) is 243 cm³/mol. The van der Waals surface area contributed by atoms with Gasteiger partial charge in [-0.15, -0.1) is 0 Å². The van der Waals surface area contributed by atoms with Gasteiger partial charge in [-0.05, 0) is 150 Å². The van der Waals surface area contributed by atoms with Crippen LogP contribution < -0.4 is 45.6 Å². The zero-order valence-corrected chi connectivity index (χ0v) is 36.3. The van der Waals surface area contributed by atoms with E-state index in [1.807, 2.05) is 68.4 Å². The average molecular weight is 859 g/mol. The summed E-state index contributed by atoms with van der Waals surface area (Å²) in [4.78, 5) is 0. The Morgan fingerprint density at radius 1 is 0.339 bits per heavy atom. The fraction of sp³-hybridized carbons (Fsp3) is 0.426. The second-order valence-corrected chi connectivity index (χ2v) is 14.0. The fourth-order valence-corrected chi connectivity index (χ4v) is 5.95. The summed E-state index contributed by atoms with van der Waals surface area (Å²) < 4.78 is 36.0. The van der Waals surface area contributed by atoms with Crippen molar-refractivity contribution in [2.75, 3.05) is 39.6 Å². The maximum Gasteiger partial charge on any atom is 0.170 e. The molecule has 9 N–H and O–H groups in total. The van der Waals surface area contributed by atoms with Gasteiger partial charge < -0.3 is 61.2 Å². The Balaban J connectivity index is 0.00000504. The van der Waals surface area contributed by atoms with Crippen LogP contribution >= 0.6 is 0 Å². The van der Waals surface area contributed by atoms with Gasteiger partial charge in [0, 0.05) is 34.9 Å². The van der Waals surface area contributed by atoms with E-state index in [0.29, 0.717) is 73.6 Å². The number of unbranched alkanes of at least 4 members (excludes halogenated alkanes) is 9. The van der Waals surface area contributed by atoms with Crippen molar-refractivity contribution in [1.29, 1.82) is 0 Å². The topological polar surface area (TPSA) is 231 Å². The minimum atomic E-state index is 0.0640. The van der Waals surface area contributed by atoms with Crippen molar-refractivity contribution < 1.29 is 44.0 Å². The molecule has 4 aromatic rings. The van der Waals surface area contributed by atoms with Gasteiger partial charge in [-0.3, -0.25) is 0 Å². The highest BCUT2D eigenvalue weighted by Crippen LogP contribution is 2.29. The lowest BCUT2D eigenvalue weighted by Crippen LogP contribution is -2.12. The van der Waals surface area contributed by atoms with E-state index in [-0.39, 0.29) is 17.5 Å². The predicted octanol–water partition coefficient (Wildman–Crippen LogP) is 9.05. The van der Waals surface area contributed by atoms with Crippen molar-refractivity contribution in [2.45, 2.75) is 90.9 Å². The van der Waals surface area contributed by atoms with Crippen LogP contribution in [0.4, 0.5) is 0 Å². The Morgan fingerprint density at radius 2 is 0.532 bits per heavy atom. The Hall–Kier alpha value is -6.51. The van der Waals surface area contributed by atoms with Crippen molar-refractivity contribution in [2.24, 2.45) is 32.7 Å². The molecule has 338 valence electrons. The highest BCUT2D eigenvalue weighted by atomic mass is 16.5. The molecule has 0 spiro atoms. The molecule has 0 aliphatic rings. The molecule has 0 aliphatic carbocycles. The summed E-state index contributed by atoms with van der Waals surface area (Å²) in [6.45, 7) is 7.54. The fourth-order valence-electron chi connectivity index (χ4n) is 5.95. The molecule has 0 atom stereocenters. The molecule has 0 radical (unpaired) electrons. The maximum atomic E-state index is 8.82. The van der Waals surface area contributed by atoms with Crippen LogP contribution in [0.3, 0.4) is 0 Å². The molecule has 0 aliphatic heterocycles. The second-order valence-electron chi connectivity index (χ2n) is 14.0. The minimum Gasteiger partial charge on any atom is -0.494 e. The Labute approximate surface area is 366 Å². The van der Waals surface area contributed by atoms with Gasteiger partial charge in [0.25, 0.3) is 0 Å². The van der Waals surface area contributed by atoms with Gasteiger partial charge in [-0.1, -0.05) is 29.3 Å². The molecule has 0 saturated carbocycles. The highest BCUT2D eigenvalue weighted by Gasteiger charge is 2.07. The number of benzene rings is 4. The summed E-state index contributed by atoms with van der Waals surface area (Å²) in [6.07, 6.45) is 11.5. The molecule has 4 aromatic carbocycles. The number of rotatable bonds is 30. The summed E-state index contributed by atoms with van der Waals surface area (Å²) >= 11 is 0. The van der Waals surface area contributed by atoms with Crippen LogP contribution in [0.15, 0.2) is 106 Å². The van der Waals surface area contributed by atoms with E-state index in [2.05, 4.69) is 15.5 Å². The quantitative estimate of drug-likeness (QED) is 0.00948. The lowest BCUT2D eigenvalue weighted by molar-refractivity contribution is 0.269. The number of hydrogen-bond donors (Lipinski definition) is 6. The number of nitrogens with zero attached hydrogens (tertiary/aromatic N) is 3. The van der Waals surface area contributed by atoms with Gasteiger partial charge in [0.1, 0.15) is 34.5 Å². The third kappa shape index (κ3) is 19.7. The smallest absolute Gasteiger partial charge is 0.170 e. The number of nitrogens with two attached hydrogens (primary N) is 3. The van der Waals surface area contributed by atoms with Crippen LogP contribution in [0.2, 0.25) is 0 Å². The third-order valence-electron chi connectivity index (χ3n) is 9.36.